The second-order valence-corrected chi connectivity index (χ2v) is 5.04. The van der Waals surface area contributed by atoms with Gasteiger partial charge >= 0.3 is 0 Å². The van der Waals surface area contributed by atoms with Crippen molar-refractivity contribution in [3.63, 3.8) is 0 Å². The minimum absolute atomic E-state index is 0.638. The van der Waals surface area contributed by atoms with E-state index >= 15 is 0 Å². The van der Waals surface area contributed by atoms with Crippen LogP contribution in [0, 0.1) is 0 Å². The first kappa shape index (κ1) is 13.6. The minimum atomic E-state index is 0.638. The quantitative estimate of drug-likeness (QED) is 0.799. The Morgan fingerprint density at radius 3 is 2.33 bits per heavy atom. The van der Waals surface area contributed by atoms with Crippen LogP contribution in [0.2, 0.25) is 0 Å². The van der Waals surface area contributed by atoms with Crippen molar-refractivity contribution in [3.05, 3.63) is 42.5 Å². The number of nitrogens with zero attached hydrogens (tertiary/aromatic N) is 3. The average molecular weight is 283 g/mol. The van der Waals surface area contributed by atoms with Gasteiger partial charge in [0.1, 0.15) is 0 Å². The van der Waals surface area contributed by atoms with Gasteiger partial charge in [0.25, 0.3) is 0 Å². The maximum Gasteiger partial charge on any atom is 0.228 e. The highest BCUT2D eigenvalue weighted by Gasteiger charge is 2.22. The number of rotatable bonds is 4. The van der Waals surface area contributed by atoms with E-state index < -0.39 is 0 Å². The van der Waals surface area contributed by atoms with E-state index in [9.17, 15) is 9.59 Å². The van der Waals surface area contributed by atoms with Crippen LogP contribution in [0.1, 0.15) is 0 Å². The summed E-state index contributed by atoms with van der Waals surface area (Å²) >= 11 is 0. The molecule has 0 aliphatic carbocycles. The SMILES string of the molecule is O=CN1CCN(N(C=O)c2cccc3ccccc23)CC1. The average Bonchev–Trinajstić information content (AvgIpc) is 2.56. The van der Waals surface area contributed by atoms with Gasteiger partial charge in [0.15, 0.2) is 0 Å². The predicted molar refractivity (Wildman–Crippen MR) is 81.7 cm³/mol. The van der Waals surface area contributed by atoms with E-state index in [0.717, 1.165) is 29.3 Å². The zero-order valence-corrected chi connectivity index (χ0v) is 11.7. The number of piperazine rings is 1. The number of fused-ring (bicyclic) bond motifs is 1. The van der Waals surface area contributed by atoms with Crippen LogP contribution >= 0.6 is 0 Å². The summed E-state index contributed by atoms with van der Waals surface area (Å²) in [7, 11) is 0. The molecular formula is C16H17N3O2. The number of hydrogen-bond donors (Lipinski definition) is 0. The number of amides is 2. The molecule has 0 atom stereocenters. The Hall–Kier alpha value is -2.40. The Labute approximate surface area is 123 Å². The summed E-state index contributed by atoms with van der Waals surface area (Å²) in [6.07, 6.45) is 1.71. The zero-order chi connectivity index (χ0) is 14.7. The van der Waals surface area contributed by atoms with Crippen molar-refractivity contribution in [2.24, 2.45) is 0 Å². The zero-order valence-electron chi connectivity index (χ0n) is 11.7. The van der Waals surface area contributed by atoms with Crippen molar-refractivity contribution < 1.29 is 9.59 Å². The second kappa shape index (κ2) is 5.93. The Morgan fingerprint density at radius 2 is 1.62 bits per heavy atom. The molecule has 5 nitrogen and oxygen atoms in total. The lowest BCUT2D eigenvalue weighted by Gasteiger charge is -2.38. The predicted octanol–water partition coefficient (Wildman–Crippen LogP) is 1.49. The molecular weight excluding hydrogens is 266 g/mol. The molecule has 1 heterocycles. The van der Waals surface area contributed by atoms with Crippen LogP contribution in [0.25, 0.3) is 10.8 Å². The van der Waals surface area contributed by atoms with Crippen LogP contribution in [0.3, 0.4) is 0 Å². The fourth-order valence-corrected chi connectivity index (χ4v) is 2.72. The van der Waals surface area contributed by atoms with E-state index in [1.54, 1.807) is 9.91 Å². The van der Waals surface area contributed by atoms with Crippen LogP contribution in [0.4, 0.5) is 5.69 Å². The molecule has 0 spiro atoms. The molecule has 1 saturated heterocycles. The van der Waals surface area contributed by atoms with Crippen LogP contribution in [0.15, 0.2) is 42.5 Å². The molecule has 2 aromatic carbocycles. The molecule has 0 N–H and O–H groups in total. The molecule has 3 rings (SSSR count). The minimum Gasteiger partial charge on any atom is -0.343 e. The second-order valence-electron chi connectivity index (χ2n) is 5.04. The van der Waals surface area contributed by atoms with Crippen LogP contribution in [-0.2, 0) is 9.59 Å². The number of hydrogen-bond acceptors (Lipinski definition) is 3. The normalized spacial score (nSPS) is 15.9. The summed E-state index contributed by atoms with van der Waals surface area (Å²) in [6.45, 7) is 2.58. The number of carbonyl (C=O) groups excluding carboxylic acids is 2. The van der Waals surface area contributed by atoms with Gasteiger partial charge in [-0.25, -0.2) is 10.0 Å². The van der Waals surface area contributed by atoms with Crippen LogP contribution in [0.5, 0.6) is 0 Å². The third kappa shape index (κ3) is 2.60. The van der Waals surface area contributed by atoms with E-state index in [-0.39, 0.29) is 0 Å². The highest BCUT2D eigenvalue weighted by atomic mass is 16.2. The van der Waals surface area contributed by atoms with Crippen molar-refractivity contribution in [3.8, 4) is 0 Å². The number of benzene rings is 2. The van der Waals surface area contributed by atoms with Gasteiger partial charge in [-0.05, 0) is 11.5 Å². The molecule has 108 valence electrons. The van der Waals surface area contributed by atoms with Crippen LogP contribution in [-0.4, -0.2) is 48.9 Å². The van der Waals surface area contributed by atoms with E-state index in [1.165, 1.54) is 0 Å². The Morgan fingerprint density at radius 1 is 0.905 bits per heavy atom. The molecule has 0 bridgehead atoms. The number of hydrazine groups is 1. The fourth-order valence-electron chi connectivity index (χ4n) is 2.72. The molecule has 5 heteroatoms. The van der Waals surface area contributed by atoms with Gasteiger partial charge in [-0.3, -0.25) is 9.59 Å². The highest BCUT2D eigenvalue weighted by Crippen LogP contribution is 2.27. The summed E-state index contributed by atoms with van der Waals surface area (Å²) in [5.41, 5.74) is 0.877. The van der Waals surface area contributed by atoms with Crippen molar-refractivity contribution in [1.82, 2.24) is 9.91 Å². The fraction of sp³-hybridized carbons (Fsp3) is 0.250. The summed E-state index contributed by atoms with van der Waals surface area (Å²) in [5.74, 6) is 0. The topological polar surface area (TPSA) is 43.9 Å². The monoisotopic (exact) mass is 283 g/mol. The van der Waals surface area contributed by atoms with Gasteiger partial charge in [0.2, 0.25) is 12.8 Å². The van der Waals surface area contributed by atoms with E-state index in [0.29, 0.717) is 26.2 Å². The summed E-state index contributed by atoms with van der Waals surface area (Å²) in [5, 5.41) is 5.79. The van der Waals surface area contributed by atoms with E-state index in [1.807, 2.05) is 47.5 Å². The highest BCUT2D eigenvalue weighted by molar-refractivity contribution is 5.97. The standard InChI is InChI=1S/C16H17N3O2/c20-12-17-8-10-18(11-9-17)19(13-21)16-7-3-5-14-4-1-2-6-15(14)16/h1-7,12-13H,8-11H2. The molecule has 21 heavy (non-hydrogen) atoms. The molecule has 0 radical (unpaired) electrons. The molecule has 1 aliphatic rings. The summed E-state index contributed by atoms with van der Waals surface area (Å²) < 4.78 is 0. The van der Waals surface area contributed by atoms with Crippen molar-refractivity contribution >= 4 is 29.3 Å². The Balaban J connectivity index is 1.92. The van der Waals surface area contributed by atoms with Gasteiger partial charge in [-0.2, -0.15) is 0 Å². The lowest BCUT2D eigenvalue weighted by atomic mass is 10.1. The molecule has 1 aliphatic heterocycles. The molecule has 1 fully saturated rings. The maximum absolute atomic E-state index is 11.6. The lowest BCUT2D eigenvalue weighted by Crippen LogP contribution is -2.53. The van der Waals surface area contributed by atoms with E-state index in [4.69, 9.17) is 0 Å². The van der Waals surface area contributed by atoms with Crippen molar-refractivity contribution in [1.29, 1.82) is 0 Å². The third-order valence-corrected chi connectivity index (χ3v) is 3.86. The first-order valence-corrected chi connectivity index (χ1v) is 7.00. The maximum atomic E-state index is 11.6. The van der Waals surface area contributed by atoms with Crippen molar-refractivity contribution in [2.45, 2.75) is 0 Å². The van der Waals surface area contributed by atoms with Gasteiger partial charge in [0.05, 0.1) is 5.69 Å². The molecule has 0 aromatic heterocycles. The number of anilines is 1. The Bertz CT molecular complexity index is 646. The van der Waals surface area contributed by atoms with Gasteiger partial charge in [0, 0.05) is 31.6 Å². The van der Waals surface area contributed by atoms with E-state index in [2.05, 4.69) is 0 Å². The van der Waals surface area contributed by atoms with Gasteiger partial charge in [-0.15, -0.1) is 0 Å². The summed E-state index contributed by atoms with van der Waals surface area (Å²) in [4.78, 5) is 24.1. The molecule has 2 amide bonds. The third-order valence-electron chi connectivity index (χ3n) is 3.86. The van der Waals surface area contributed by atoms with Gasteiger partial charge < -0.3 is 4.90 Å². The summed E-state index contributed by atoms with van der Waals surface area (Å²) in [6, 6.07) is 13.9. The Kier molecular flexibility index (Phi) is 3.83. The first-order valence-electron chi connectivity index (χ1n) is 7.00. The molecule has 0 unspecified atom stereocenters. The van der Waals surface area contributed by atoms with Gasteiger partial charge in [-0.1, -0.05) is 36.4 Å². The molecule has 0 saturated carbocycles. The largest absolute Gasteiger partial charge is 0.343 e. The molecule has 2 aromatic rings. The number of carbonyl (C=O) groups is 2. The smallest absolute Gasteiger partial charge is 0.228 e. The first-order chi connectivity index (χ1) is 10.3. The van der Waals surface area contributed by atoms with Crippen molar-refractivity contribution in [2.75, 3.05) is 31.2 Å². The van der Waals surface area contributed by atoms with Crippen LogP contribution < -0.4 is 5.01 Å². The lowest BCUT2D eigenvalue weighted by molar-refractivity contribution is -0.120.